The lowest BCUT2D eigenvalue weighted by Crippen LogP contribution is -2.33. The summed E-state index contributed by atoms with van der Waals surface area (Å²) in [7, 11) is 0. The minimum Gasteiger partial charge on any atom is -0.396 e. The molecule has 4 N–H and O–H groups in total. The minimum absolute atomic E-state index is 0.226. The molecule has 5 nitrogen and oxygen atoms in total. The fraction of sp³-hybridized carbons (Fsp3) is 0.500. The number of nitrogens with zero attached hydrogens (tertiary/aromatic N) is 2. The van der Waals surface area contributed by atoms with Crippen LogP contribution in [0.4, 0.5) is 10.7 Å². The van der Waals surface area contributed by atoms with Crippen molar-refractivity contribution in [1.29, 1.82) is 5.26 Å². The van der Waals surface area contributed by atoms with Crippen molar-refractivity contribution in [3.05, 3.63) is 10.4 Å². The maximum atomic E-state index is 11.5. The first-order valence-corrected chi connectivity index (χ1v) is 6.73. The number of hydrogen-bond acceptors (Lipinski definition) is 5. The number of nitriles is 1. The summed E-state index contributed by atoms with van der Waals surface area (Å²) in [6.45, 7) is 3.98. The van der Waals surface area contributed by atoms with Crippen molar-refractivity contribution in [3.8, 4) is 6.07 Å². The first-order valence-electron chi connectivity index (χ1n) is 5.91. The number of carbonyl (C=O) groups excluding carboxylic acids is 1. The molecule has 0 unspecified atom stereocenters. The highest BCUT2D eigenvalue weighted by atomic mass is 32.1. The lowest BCUT2D eigenvalue weighted by Gasteiger charge is -2.31. The van der Waals surface area contributed by atoms with Crippen molar-refractivity contribution in [1.82, 2.24) is 0 Å². The van der Waals surface area contributed by atoms with Crippen LogP contribution in [0, 0.1) is 17.2 Å². The second-order valence-corrected chi connectivity index (χ2v) is 5.67. The number of piperidine rings is 1. The SMILES string of the molecule is CC1CCN(c2sc(C#N)c(N)c2C(N)=O)CC1. The van der Waals surface area contributed by atoms with Gasteiger partial charge in [0, 0.05) is 13.1 Å². The first kappa shape index (κ1) is 12.7. The van der Waals surface area contributed by atoms with Crippen molar-refractivity contribution in [2.24, 2.45) is 11.7 Å². The largest absolute Gasteiger partial charge is 0.396 e. The average Bonchev–Trinajstić information content (AvgIpc) is 2.67. The number of nitrogen functional groups attached to an aromatic ring is 1. The molecule has 1 aromatic heterocycles. The molecule has 1 saturated heterocycles. The van der Waals surface area contributed by atoms with Gasteiger partial charge in [0.2, 0.25) is 0 Å². The molecule has 0 spiro atoms. The number of primary amides is 1. The highest BCUT2D eigenvalue weighted by Crippen LogP contribution is 2.39. The van der Waals surface area contributed by atoms with Gasteiger partial charge in [-0.2, -0.15) is 5.26 Å². The summed E-state index contributed by atoms with van der Waals surface area (Å²) in [6, 6.07) is 2.02. The van der Waals surface area contributed by atoms with Crippen LogP contribution in [0.5, 0.6) is 0 Å². The van der Waals surface area contributed by atoms with E-state index in [1.165, 1.54) is 11.3 Å². The number of anilines is 2. The summed E-state index contributed by atoms with van der Waals surface area (Å²) in [4.78, 5) is 14.0. The Kier molecular flexibility index (Phi) is 3.43. The summed E-state index contributed by atoms with van der Waals surface area (Å²) in [5.74, 6) is 0.143. The Bertz CT molecular complexity index is 509. The third-order valence-corrected chi connectivity index (χ3v) is 4.52. The van der Waals surface area contributed by atoms with Crippen LogP contribution < -0.4 is 16.4 Å². The van der Waals surface area contributed by atoms with Gasteiger partial charge in [-0.25, -0.2) is 0 Å². The van der Waals surface area contributed by atoms with Gasteiger partial charge >= 0.3 is 0 Å². The number of rotatable bonds is 2. The van der Waals surface area contributed by atoms with Crippen LogP contribution >= 0.6 is 11.3 Å². The van der Waals surface area contributed by atoms with E-state index in [9.17, 15) is 4.79 Å². The summed E-state index contributed by atoms with van der Waals surface area (Å²) in [6.07, 6.45) is 2.16. The van der Waals surface area contributed by atoms with E-state index in [-0.39, 0.29) is 5.69 Å². The maximum absolute atomic E-state index is 11.5. The van der Waals surface area contributed by atoms with Crippen LogP contribution in [0.15, 0.2) is 0 Å². The van der Waals surface area contributed by atoms with Gasteiger partial charge in [0.05, 0.1) is 11.3 Å². The Hall–Kier alpha value is -1.74. The third-order valence-electron chi connectivity index (χ3n) is 3.35. The molecule has 2 rings (SSSR count). The van der Waals surface area contributed by atoms with Gasteiger partial charge in [-0.3, -0.25) is 4.79 Å². The van der Waals surface area contributed by atoms with E-state index in [1.807, 2.05) is 6.07 Å². The fourth-order valence-electron chi connectivity index (χ4n) is 2.19. The van der Waals surface area contributed by atoms with Gasteiger partial charge in [0.25, 0.3) is 5.91 Å². The van der Waals surface area contributed by atoms with Gasteiger partial charge in [-0.15, -0.1) is 11.3 Å². The molecule has 0 aliphatic carbocycles. The molecule has 0 radical (unpaired) electrons. The molecule has 0 saturated carbocycles. The van der Waals surface area contributed by atoms with Crippen molar-refractivity contribution in [2.45, 2.75) is 19.8 Å². The van der Waals surface area contributed by atoms with Gasteiger partial charge < -0.3 is 16.4 Å². The molecule has 1 aromatic rings. The molecule has 1 aliphatic heterocycles. The molecule has 1 amide bonds. The predicted octanol–water partition coefficient (Wildman–Crippen LogP) is 1.54. The number of nitrogens with two attached hydrogens (primary N) is 2. The Morgan fingerprint density at radius 2 is 2.11 bits per heavy atom. The summed E-state index contributed by atoms with van der Waals surface area (Å²) in [5, 5.41) is 9.74. The van der Waals surface area contributed by atoms with Gasteiger partial charge in [0.1, 0.15) is 15.9 Å². The van der Waals surface area contributed by atoms with Crippen LogP contribution in [0.3, 0.4) is 0 Å². The van der Waals surface area contributed by atoms with E-state index in [0.717, 1.165) is 30.9 Å². The van der Waals surface area contributed by atoms with E-state index in [2.05, 4.69) is 11.8 Å². The summed E-state index contributed by atoms with van der Waals surface area (Å²) >= 11 is 1.26. The number of hydrogen-bond donors (Lipinski definition) is 2. The van der Waals surface area contributed by atoms with E-state index in [0.29, 0.717) is 16.4 Å². The number of carbonyl (C=O) groups is 1. The molecule has 96 valence electrons. The molecule has 0 bridgehead atoms. The Balaban J connectivity index is 2.38. The summed E-state index contributed by atoms with van der Waals surface area (Å²) in [5.41, 5.74) is 11.7. The zero-order valence-electron chi connectivity index (χ0n) is 10.3. The van der Waals surface area contributed by atoms with Gasteiger partial charge in [-0.1, -0.05) is 6.92 Å². The topological polar surface area (TPSA) is 96.1 Å². The molecule has 2 heterocycles. The molecule has 1 aliphatic rings. The number of amides is 1. The Morgan fingerprint density at radius 1 is 1.50 bits per heavy atom. The normalized spacial score (nSPS) is 16.6. The van der Waals surface area contributed by atoms with Crippen LogP contribution in [-0.2, 0) is 0 Å². The highest BCUT2D eigenvalue weighted by molar-refractivity contribution is 7.17. The van der Waals surface area contributed by atoms with Crippen LogP contribution in [0.25, 0.3) is 0 Å². The predicted molar refractivity (Wildman–Crippen MR) is 72.6 cm³/mol. The smallest absolute Gasteiger partial charge is 0.253 e. The Morgan fingerprint density at radius 3 is 2.61 bits per heavy atom. The molecule has 0 aromatic carbocycles. The van der Waals surface area contributed by atoms with Gasteiger partial charge in [0.15, 0.2) is 0 Å². The van der Waals surface area contributed by atoms with Crippen LogP contribution in [-0.4, -0.2) is 19.0 Å². The van der Waals surface area contributed by atoms with Crippen molar-refractivity contribution < 1.29 is 4.79 Å². The minimum atomic E-state index is -0.557. The fourth-order valence-corrected chi connectivity index (χ4v) is 3.26. The molecule has 0 atom stereocenters. The third kappa shape index (κ3) is 2.14. The molecular formula is C12H16N4OS. The first-order chi connectivity index (χ1) is 8.54. The number of thiophene rings is 1. The van der Waals surface area contributed by atoms with E-state index in [4.69, 9.17) is 16.7 Å². The van der Waals surface area contributed by atoms with Crippen LogP contribution in [0.2, 0.25) is 0 Å². The van der Waals surface area contributed by atoms with Crippen molar-refractivity contribution in [2.75, 3.05) is 23.7 Å². The second-order valence-electron chi connectivity index (χ2n) is 4.67. The lowest BCUT2D eigenvalue weighted by molar-refractivity contribution is 0.100. The lowest BCUT2D eigenvalue weighted by atomic mass is 9.99. The Labute approximate surface area is 110 Å². The molecule has 18 heavy (non-hydrogen) atoms. The maximum Gasteiger partial charge on any atom is 0.253 e. The monoisotopic (exact) mass is 264 g/mol. The molecule has 6 heteroatoms. The van der Waals surface area contributed by atoms with Crippen LogP contribution in [0.1, 0.15) is 35.0 Å². The van der Waals surface area contributed by atoms with E-state index in [1.54, 1.807) is 0 Å². The highest BCUT2D eigenvalue weighted by Gasteiger charge is 2.26. The zero-order valence-corrected chi connectivity index (χ0v) is 11.1. The van der Waals surface area contributed by atoms with Gasteiger partial charge in [-0.05, 0) is 18.8 Å². The zero-order chi connectivity index (χ0) is 13.3. The quantitative estimate of drug-likeness (QED) is 0.846. The van der Waals surface area contributed by atoms with Crippen molar-refractivity contribution >= 4 is 27.9 Å². The summed E-state index contributed by atoms with van der Waals surface area (Å²) < 4.78 is 0. The second kappa shape index (κ2) is 4.86. The standard InChI is InChI=1S/C12H16N4OS/c1-7-2-4-16(5-3-7)12-9(11(15)17)10(14)8(6-13)18-12/h7H,2-5,14H2,1H3,(H2,15,17). The molecular weight excluding hydrogens is 248 g/mol. The van der Waals surface area contributed by atoms with E-state index < -0.39 is 5.91 Å². The average molecular weight is 264 g/mol. The van der Waals surface area contributed by atoms with Crippen molar-refractivity contribution in [3.63, 3.8) is 0 Å². The van der Waals surface area contributed by atoms with E-state index >= 15 is 0 Å². The molecule has 1 fully saturated rings.